The third-order valence-electron chi connectivity index (χ3n) is 1.96. The maximum atomic E-state index is 11.7. The van der Waals surface area contributed by atoms with Crippen LogP contribution in [0.4, 0.5) is 0 Å². The first kappa shape index (κ1) is 15.2. The molecule has 0 amide bonds. The van der Waals surface area contributed by atoms with Gasteiger partial charge in [0.1, 0.15) is 5.92 Å². The SMILES string of the molecule is COC(=O)CC(C(=O)/C=C/N(C)C)C(=O)OC. The molecule has 0 N–H and O–H groups in total. The minimum absolute atomic E-state index is 0.320. The molecule has 0 fully saturated rings. The topological polar surface area (TPSA) is 72.9 Å². The fourth-order valence-corrected chi connectivity index (χ4v) is 1.03. The maximum Gasteiger partial charge on any atom is 0.317 e. The molecule has 17 heavy (non-hydrogen) atoms. The lowest BCUT2D eigenvalue weighted by Gasteiger charge is -2.10. The van der Waals surface area contributed by atoms with Gasteiger partial charge in [-0.05, 0) is 6.08 Å². The van der Waals surface area contributed by atoms with Gasteiger partial charge in [0, 0.05) is 20.3 Å². The van der Waals surface area contributed by atoms with Gasteiger partial charge in [-0.1, -0.05) is 0 Å². The monoisotopic (exact) mass is 243 g/mol. The fourth-order valence-electron chi connectivity index (χ4n) is 1.03. The van der Waals surface area contributed by atoms with Crippen molar-refractivity contribution in [2.75, 3.05) is 28.3 Å². The minimum atomic E-state index is -1.15. The Morgan fingerprint density at radius 1 is 1.18 bits per heavy atom. The number of carbonyl (C=O) groups excluding carboxylic acids is 3. The fraction of sp³-hybridized carbons (Fsp3) is 0.545. The van der Waals surface area contributed by atoms with E-state index in [1.807, 2.05) is 0 Å². The van der Waals surface area contributed by atoms with Crippen LogP contribution < -0.4 is 0 Å². The Balaban J connectivity index is 4.74. The third-order valence-corrected chi connectivity index (χ3v) is 1.96. The largest absolute Gasteiger partial charge is 0.469 e. The molecular weight excluding hydrogens is 226 g/mol. The number of ether oxygens (including phenoxy) is 2. The Hall–Kier alpha value is -1.85. The lowest BCUT2D eigenvalue weighted by Crippen LogP contribution is -2.27. The summed E-state index contributed by atoms with van der Waals surface area (Å²) in [5.41, 5.74) is 0. The van der Waals surface area contributed by atoms with E-state index in [1.54, 1.807) is 19.0 Å². The third kappa shape index (κ3) is 5.70. The summed E-state index contributed by atoms with van der Waals surface area (Å²) in [6.45, 7) is 0. The molecule has 0 saturated carbocycles. The maximum absolute atomic E-state index is 11.7. The Kier molecular flexibility index (Phi) is 6.62. The average molecular weight is 243 g/mol. The first-order valence-electron chi connectivity index (χ1n) is 4.95. The molecule has 6 heteroatoms. The molecule has 0 radical (unpaired) electrons. The first-order valence-corrected chi connectivity index (χ1v) is 4.95. The summed E-state index contributed by atoms with van der Waals surface area (Å²) in [4.78, 5) is 35.7. The number of methoxy groups -OCH3 is 2. The molecule has 1 unspecified atom stereocenters. The lowest BCUT2D eigenvalue weighted by atomic mass is 10.0. The molecular formula is C11H17NO5. The Bertz CT molecular complexity index is 322. The molecule has 0 bridgehead atoms. The highest BCUT2D eigenvalue weighted by Gasteiger charge is 2.28. The van der Waals surface area contributed by atoms with Crippen LogP contribution in [0.15, 0.2) is 12.3 Å². The van der Waals surface area contributed by atoms with Crippen LogP contribution in [0.3, 0.4) is 0 Å². The number of carbonyl (C=O) groups is 3. The highest BCUT2D eigenvalue weighted by atomic mass is 16.5. The summed E-state index contributed by atoms with van der Waals surface area (Å²) in [5.74, 6) is -3.02. The summed E-state index contributed by atoms with van der Waals surface area (Å²) in [5, 5.41) is 0. The molecule has 0 aromatic rings. The molecule has 0 aromatic heterocycles. The van der Waals surface area contributed by atoms with E-state index in [4.69, 9.17) is 0 Å². The van der Waals surface area contributed by atoms with Crippen LogP contribution >= 0.6 is 0 Å². The summed E-state index contributed by atoms with van der Waals surface area (Å²) < 4.78 is 8.89. The van der Waals surface area contributed by atoms with E-state index in [0.29, 0.717) is 0 Å². The minimum Gasteiger partial charge on any atom is -0.469 e. The molecule has 0 aromatic carbocycles. The summed E-state index contributed by atoms with van der Waals surface area (Å²) >= 11 is 0. The molecule has 0 spiro atoms. The van der Waals surface area contributed by atoms with Gasteiger partial charge in [-0.2, -0.15) is 0 Å². The van der Waals surface area contributed by atoms with Crippen molar-refractivity contribution in [2.24, 2.45) is 5.92 Å². The molecule has 96 valence electrons. The van der Waals surface area contributed by atoms with Crippen molar-refractivity contribution in [1.29, 1.82) is 0 Å². The molecule has 0 heterocycles. The predicted molar refractivity (Wildman–Crippen MR) is 60.0 cm³/mol. The number of esters is 2. The molecule has 0 rings (SSSR count). The van der Waals surface area contributed by atoms with Crippen molar-refractivity contribution >= 4 is 17.7 Å². The van der Waals surface area contributed by atoms with Crippen LogP contribution in [0.2, 0.25) is 0 Å². The van der Waals surface area contributed by atoms with E-state index in [9.17, 15) is 14.4 Å². The van der Waals surface area contributed by atoms with Gasteiger partial charge in [0.15, 0.2) is 5.78 Å². The highest BCUT2D eigenvalue weighted by molar-refractivity contribution is 6.06. The Morgan fingerprint density at radius 3 is 2.18 bits per heavy atom. The first-order chi connectivity index (χ1) is 7.92. The van der Waals surface area contributed by atoms with Crippen LogP contribution in [0.5, 0.6) is 0 Å². The Morgan fingerprint density at radius 2 is 1.76 bits per heavy atom. The molecule has 1 atom stereocenters. The van der Waals surface area contributed by atoms with Gasteiger partial charge in [0.2, 0.25) is 0 Å². The number of nitrogens with zero attached hydrogens (tertiary/aromatic N) is 1. The average Bonchev–Trinajstić information content (AvgIpc) is 2.31. The van der Waals surface area contributed by atoms with E-state index in [-0.39, 0.29) is 6.42 Å². The number of hydrogen-bond donors (Lipinski definition) is 0. The molecule has 0 saturated heterocycles. The van der Waals surface area contributed by atoms with Crippen molar-refractivity contribution in [1.82, 2.24) is 4.90 Å². The van der Waals surface area contributed by atoms with E-state index in [2.05, 4.69) is 9.47 Å². The standard InChI is InChI=1S/C11H17NO5/c1-12(2)6-5-9(13)8(11(15)17-4)7-10(14)16-3/h5-6,8H,7H2,1-4H3/b6-5+. The van der Waals surface area contributed by atoms with Crippen molar-refractivity contribution in [3.8, 4) is 0 Å². The van der Waals surface area contributed by atoms with Gasteiger partial charge in [-0.3, -0.25) is 14.4 Å². The van der Waals surface area contributed by atoms with Crippen molar-refractivity contribution in [3.63, 3.8) is 0 Å². The van der Waals surface area contributed by atoms with Gasteiger partial charge in [0.05, 0.1) is 20.6 Å². The van der Waals surface area contributed by atoms with Crippen LogP contribution in [-0.4, -0.2) is 50.9 Å². The number of rotatable bonds is 6. The zero-order chi connectivity index (χ0) is 13.4. The second-order valence-electron chi connectivity index (χ2n) is 3.54. The highest BCUT2D eigenvalue weighted by Crippen LogP contribution is 2.09. The summed E-state index contributed by atoms with van der Waals surface area (Å²) in [7, 11) is 5.82. The molecule has 0 aliphatic rings. The lowest BCUT2D eigenvalue weighted by molar-refractivity contribution is -0.154. The normalized spacial score (nSPS) is 12.0. The number of allylic oxidation sites excluding steroid dienone is 1. The second kappa shape index (κ2) is 7.43. The zero-order valence-corrected chi connectivity index (χ0v) is 10.4. The Labute approximate surface area is 100 Å². The van der Waals surface area contributed by atoms with Crippen LogP contribution in [0.1, 0.15) is 6.42 Å². The predicted octanol–water partition coefficient (Wildman–Crippen LogP) is -0.0169. The van der Waals surface area contributed by atoms with Gasteiger partial charge in [-0.15, -0.1) is 0 Å². The number of ketones is 1. The van der Waals surface area contributed by atoms with E-state index in [0.717, 1.165) is 7.11 Å². The second-order valence-corrected chi connectivity index (χ2v) is 3.54. The van der Waals surface area contributed by atoms with Crippen molar-refractivity contribution < 1.29 is 23.9 Å². The smallest absolute Gasteiger partial charge is 0.317 e. The number of hydrogen-bond acceptors (Lipinski definition) is 6. The van der Waals surface area contributed by atoms with Crippen molar-refractivity contribution in [2.45, 2.75) is 6.42 Å². The summed E-state index contributed by atoms with van der Waals surface area (Å²) in [6.07, 6.45) is 2.40. The van der Waals surface area contributed by atoms with Crippen LogP contribution in [0.25, 0.3) is 0 Å². The van der Waals surface area contributed by atoms with Gasteiger partial charge in [-0.25, -0.2) is 0 Å². The summed E-state index contributed by atoms with van der Waals surface area (Å²) in [6, 6.07) is 0. The quantitative estimate of drug-likeness (QED) is 0.371. The van der Waals surface area contributed by atoms with Crippen LogP contribution in [-0.2, 0) is 23.9 Å². The molecule has 0 aliphatic carbocycles. The molecule has 6 nitrogen and oxygen atoms in total. The van der Waals surface area contributed by atoms with Crippen molar-refractivity contribution in [3.05, 3.63) is 12.3 Å². The van der Waals surface area contributed by atoms with Gasteiger partial charge < -0.3 is 14.4 Å². The molecule has 0 aliphatic heterocycles. The van der Waals surface area contributed by atoms with Gasteiger partial charge >= 0.3 is 11.9 Å². The zero-order valence-electron chi connectivity index (χ0n) is 10.4. The van der Waals surface area contributed by atoms with E-state index in [1.165, 1.54) is 19.4 Å². The van der Waals surface area contributed by atoms with E-state index < -0.39 is 23.6 Å². The van der Waals surface area contributed by atoms with Gasteiger partial charge in [0.25, 0.3) is 0 Å². The van der Waals surface area contributed by atoms with Crippen LogP contribution in [0, 0.1) is 5.92 Å². The van der Waals surface area contributed by atoms with E-state index >= 15 is 0 Å².